The molecule has 1 aliphatic carbocycles. The maximum atomic E-state index is 10.7. The third kappa shape index (κ3) is 2.43. The van der Waals surface area contributed by atoms with Gasteiger partial charge < -0.3 is 10.0 Å². The molecule has 98 valence electrons. The molecule has 0 bridgehead atoms. The van der Waals surface area contributed by atoms with Gasteiger partial charge in [0.1, 0.15) is 11.5 Å². The third-order valence-electron chi connectivity index (χ3n) is 3.39. The van der Waals surface area contributed by atoms with Gasteiger partial charge in [0, 0.05) is 18.7 Å². The lowest BCUT2D eigenvalue weighted by Gasteiger charge is -2.38. The fourth-order valence-corrected chi connectivity index (χ4v) is 2.18. The Morgan fingerprint density at radius 3 is 2.72 bits per heavy atom. The van der Waals surface area contributed by atoms with Gasteiger partial charge in [-0.25, -0.2) is 4.98 Å². The largest absolute Gasteiger partial charge is 0.395 e. The van der Waals surface area contributed by atoms with Crippen LogP contribution in [0.1, 0.15) is 25.0 Å². The minimum absolute atomic E-state index is 0.0382. The number of hydrogen-bond acceptors (Lipinski definition) is 5. The van der Waals surface area contributed by atoms with E-state index in [1.807, 2.05) is 4.90 Å². The zero-order chi connectivity index (χ0) is 13.1. The Morgan fingerprint density at radius 2 is 2.28 bits per heavy atom. The van der Waals surface area contributed by atoms with Gasteiger partial charge >= 0.3 is 0 Å². The molecule has 1 aromatic rings. The van der Waals surface area contributed by atoms with Crippen LogP contribution in [0.15, 0.2) is 12.1 Å². The number of aliphatic hydroxyl groups excluding tert-OH is 1. The van der Waals surface area contributed by atoms with Crippen molar-refractivity contribution in [1.82, 2.24) is 4.98 Å². The van der Waals surface area contributed by atoms with Crippen molar-refractivity contribution < 1.29 is 10.0 Å². The summed E-state index contributed by atoms with van der Waals surface area (Å²) in [6, 6.07) is 3.56. The number of anilines is 1. The molecule has 0 radical (unpaired) electrons. The highest BCUT2D eigenvalue weighted by Gasteiger charge is 2.26. The lowest BCUT2D eigenvalue weighted by Crippen LogP contribution is -2.42. The highest BCUT2D eigenvalue weighted by Crippen LogP contribution is 2.29. The SMILES string of the molecule is Cc1nc(N(CCO)C2CCC2)ccc1[N+](=O)[O-]. The number of rotatable bonds is 5. The summed E-state index contributed by atoms with van der Waals surface area (Å²) in [5.41, 5.74) is 0.455. The fourth-order valence-electron chi connectivity index (χ4n) is 2.18. The summed E-state index contributed by atoms with van der Waals surface area (Å²) < 4.78 is 0. The van der Waals surface area contributed by atoms with E-state index in [0.29, 0.717) is 18.3 Å². The minimum Gasteiger partial charge on any atom is -0.395 e. The number of pyridine rings is 1. The van der Waals surface area contributed by atoms with Crippen molar-refractivity contribution in [3.63, 3.8) is 0 Å². The average molecular weight is 251 g/mol. The molecule has 1 N–H and O–H groups in total. The number of aryl methyl sites for hydroxylation is 1. The van der Waals surface area contributed by atoms with Gasteiger partial charge in [0.15, 0.2) is 0 Å². The maximum absolute atomic E-state index is 10.7. The maximum Gasteiger partial charge on any atom is 0.290 e. The first-order chi connectivity index (χ1) is 8.63. The Hall–Kier alpha value is -1.69. The second-order valence-electron chi connectivity index (χ2n) is 4.53. The monoisotopic (exact) mass is 251 g/mol. The van der Waals surface area contributed by atoms with Crippen molar-refractivity contribution in [3.05, 3.63) is 27.9 Å². The van der Waals surface area contributed by atoms with E-state index < -0.39 is 4.92 Å². The molecule has 0 amide bonds. The van der Waals surface area contributed by atoms with Gasteiger partial charge in [-0.05, 0) is 32.3 Å². The Labute approximate surface area is 105 Å². The van der Waals surface area contributed by atoms with E-state index in [9.17, 15) is 10.1 Å². The van der Waals surface area contributed by atoms with Gasteiger partial charge in [0.25, 0.3) is 5.69 Å². The standard InChI is InChI=1S/C12H17N3O3/c1-9-11(15(17)18)5-6-12(13-9)14(7-8-16)10-3-2-4-10/h5-6,10,16H,2-4,7-8H2,1H3. The van der Waals surface area contributed by atoms with E-state index in [1.54, 1.807) is 13.0 Å². The Balaban J connectivity index is 2.24. The van der Waals surface area contributed by atoms with Crippen LogP contribution in [-0.4, -0.2) is 34.2 Å². The van der Waals surface area contributed by atoms with Gasteiger partial charge in [-0.3, -0.25) is 10.1 Å². The Morgan fingerprint density at radius 1 is 1.56 bits per heavy atom. The molecule has 0 saturated heterocycles. The molecule has 1 saturated carbocycles. The summed E-state index contributed by atoms with van der Waals surface area (Å²) in [5.74, 6) is 0.719. The van der Waals surface area contributed by atoms with Crippen LogP contribution in [0.5, 0.6) is 0 Å². The summed E-state index contributed by atoms with van der Waals surface area (Å²) in [4.78, 5) is 16.6. The summed E-state index contributed by atoms with van der Waals surface area (Å²) in [7, 11) is 0. The molecule has 2 rings (SSSR count). The number of hydrogen-bond donors (Lipinski definition) is 1. The summed E-state index contributed by atoms with van der Waals surface area (Å²) in [6.45, 7) is 2.22. The molecule has 0 atom stereocenters. The highest BCUT2D eigenvalue weighted by molar-refractivity contribution is 5.47. The molecular formula is C12H17N3O3. The fraction of sp³-hybridized carbons (Fsp3) is 0.583. The average Bonchev–Trinajstić information content (AvgIpc) is 2.25. The molecule has 1 aromatic heterocycles. The quantitative estimate of drug-likeness (QED) is 0.635. The number of nitrogens with zero attached hydrogens (tertiary/aromatic N) is 3. The van der Waals surface area contributed by atoms with Crippen LogP contribution in [0.4, 0.5) is 11.5 Å². The minimum atomic E-state index is -0.425. The van der Waals surface area contributed by atoms with Crippen LogP contribution >= 0.6 is 0 Å². The number of aliphatic hydroxyl groups is 1. The van der Waals surface area contributed by atoms with Crippen molar-refractivity contribution in [1.29, 1.82) is 0 Å². The zero-order valence-corrected chi connectivity index (χ0v) is 10.4. The molecule has 1 heterocycles. The van der Waals surface area contributed by atoms with Crippen molar-refractivity contribution in [3.8, 4) is 0 Å². The van der Waals surface area contributed by atoms with Crippen LogP contribution in [0.25, 0.3) is 0 Å². The molecule has 6 heteroatoms. The highest BCUT2D eigenvalue weighted by atomic mass is 16.6. The lowest BCUT2D eigenvalue weighted by molar-refractivity contribution is -0.385. The second kappa shape index (κ2) is 5.30. The normalized spacial score (nSPS) is 15.2. The van der Waals surface area contributed by atoms with Gasteiger partial charge in [-0.1, -0.05) is 0 Å². The predicted molar refractivity (Wildman–Crippen MR) is 67.7 cm³/mol. The molecule has 6 nitrogen and oxygen atoms in total. The third-order valence-corrected chi connectivity index (χ3v) is 3.39. The van der Waals surface area contributed by atoms with Crippen LogP contribution in [0, 0.1) is 17.0 Å². The molecule has 18 heavy (non-hydrogen) atoms. The molecule has 0 aliphatic heterocycles. The smallest absolute Gasteiger partial charge is 0.290 e. The van der Waals surface area contributed by atoms with E-state index in [2.05, 4.69) is 4.98 Å². The van der Waals surface area contributed by atoms with E-state index in [1.165, 1.54) is 12.5 Å². The van der Waals surface area contributed by atoms with Gasteiger partial charge in [0.2, 0.25) is 0 Å². The first kappa shape index (κ1) is 12.8. The summed E-state index contributed by atoms with van der Waals surface area (Å²) >= 11 is 0. The van der Waals surface area contributed by atoms with E-state index in [0.717, 1.165) is 18.7 Å². The van der Waals surface area contributed by atoms with Crippen molar-refractivity contribution in [2.75, 3.05) is 18.1 Å². The van der Waals surface area contributed by atoms with Crippen molar-refractivity contribution in [2.45, 2.75) is 32.2 Å². The summed E-state index contributed by atoms with van der Waals surface area (Å²) in [6.07, 6.45) is 3.38. The first-order valence-corrected chi connectivity index (χ1v) is 6.13. The van der Waals surface area contributed by atoms with Gasteiger partial charge in [0.05, 0.1) is 11.5 Å². The molecule has 0 spiro atoms. The van der Waals surface area contributed by atoms with E-state index in [-0.39, 0.29) is 12.3 Å². The Kier molecular flexibility index (Phi) is 3.76. The van der Waals surface area contributed by atoms with Crippen molar-refractivity contribution >= 4 is 11.5 Å². The lowest BCUT2D eigenvalue weighted by atomic mass is 9.91. The number of nitro groups is 1. The van der Waals surface area contributed by atoms with Crippen LogP contribution in [-0.2, 0) is 0 Å². The molecular weight excluding hydrogens is 234 g/mol. The van der Waals surface area contributed by atoms with Crippen LogP contribution < -0.4 is 4.90 Å². The first-order valence-electron chi connectivity index (χ1n) is 6.13. The predicted octanol–water partition coefficient (Wildman–Crippen LogP) is 1.65. The van der Waals surface area contributed by atoms with Gasteiger partial charge in [-0.15, -0.1) is 0 Å². The van der Waals surface area contributed by atoms with Gasteiger partial charge in [-0.2, -0.15) is 0 Å². The number of aromatic nitrogens is 1. The molecule has 1 aliphatic rings. The molecule has 0 aromatic carbocycles. The van der Waals surface area contributed by atoms with E-state index >= 15 is 0 Å². The van der Waals surface area contributed by atoms with Crippen LogP contribution in [0.3, 0.4) is 0 Å². The molecule has 0 unspecified atom stereocenters. The van der Waals surface area contributed by atoms with Crippen molar-refractivity contribution in [2.24, 2.45) is 0 Å². The summed E-state index contributed by atoms with van der Waals surface area (Å²) in [5, 5.41) is 19.8. The molecule has 1 fully saturated rings. The second-order valence-corrected chi connectivity index (χ2v) is 4.53. The zero-order valence-electron chi connectivity index (χ0n) is 10.4. The van der Waals surface area contributed by atoms with Crippen LogP contribution in [0.2, 0.25) is 0 Å². The Bertz CT molecular complexity index is 446. The van der Waals surface area contributed by atoms with E-state index in [4.69, 9.17) is 5.11 Å². The topological polar surface area (TPSA) is 79.5 Å².